The Bertz CT molecular complexity index is 1420. The average Bonchev–Trinajstić information content (AvgIpc) is 2.92. The van der Waals surface area contributed by atoms with Crippen LogP contribution in [0.2, 0.25) is 0 Å². The van der Waals surface area contributed by atoms with E-state index in [1.165, 1.54) is 30.3 Å². The summed E-state index contributed by atoms with van der Waals surface area (Å²) in [5, 5.41) is 31.7. The average molecular weight is 581 g/mol. The molecule has 0 saturated heterocycles. The predicted octanol–water partition coefficient (Wildman–Crippen LogP) is 5.16. The lowest BCUT2D eigenvalue weighted by Crippen LogP contribution is -2.50. The number of rotatable bonds is 10. The zero-order chi connectivity index (χ0) is 31.1. The topological polar surface area (TPSA) is 178 Å². The van der Waals surface area contributed by atoms with Gasteiger partial charge in [-0.2, -0.15) is 0 Å². The standard InChI is InChI=1S/C29H36N6O7/c1-19(21-8-6-10-24(12-21)34(38)39)30-16-26(36)31-18-29(5)15-23(14-28(3,4)17-29)32-27(37)42-33-20(2)22-9-7-11-25(13-22)35(40)41/h6-13,23H,14-18H2,1-5H3,(H,31,36)(H,32,37)/b30-19?,33-20+. The van der Waals surface area contributed by atoms with Gasteiger partial charge in [0, 0.05) is 53.7 Å². The Balaban J connectivity index is 1.56. The maximum absolute atomic E-state index is 12.6. The fourth-order valence-electron chi connectivity index (χ4n) is 5.56. The highest BCUT2D eigenvalue weighted by Gasteiger charge is 2.42. The summed E-state index contributed by atoms with van der Waals surface area (Å²) in [6, 6.07) is 11.7. The molecule has 42 heavy (non-hydrogen) atoms. The first-order valence-electron chi connectivity index (χ1n) is 13.5. The number of nitro groups is 2. The van der Waals surface area contributed by atoms with Gasteiger partial charge >= 0.3 is 6.09 Å². The van der Waals surface area contributed by atoms with Gasteiger partial charge in [-0.15, -0.1) is 0 Å². The number of oxime groups is 1. The van der Waals surface area contributed by atoms with E-state index in [1.807, 2.05) is 0 Å². The van der Waals surface area contributed by atoms with Crippen molar-refractivity contribution in [2.24, 2.45) is 21.0 Å². The molecule has 2 aromatic carbocycles. The number of non-ortho nitro benzene ring substituents is 2. The zero-order valence-corrected chi connectivity index (χ0v) is 24.4. The second-order valence-corrected chi connectivity index (χ2v) is 11.7. The molecule has 0 bridgehead atoms. The molecule has 3 rings (SSSR count). The van der Waals surface area contributed by atoms with Crippen LogP contribution in [-0.4, -0.2) is 52.4 Å². The second kappa shape index (κ2) is 13.3. The molecule has 0 aliphatic heterocycles. The summed E-state index contributed by atoms with van der Waals surface area (Å²) in [4.78, 5) is 55.6. The van der Waals surface area contributed by atoms with Crippen molar-refractivity contribution in [3.05, 3.63) is 79.9 Å². The summed E-state index contributed by atoms with van der Waals surface area (Å²) < 4.78 is 0. The lowest BCUT2D eigenvalue weighted by molar-refractivity contribution is -0.385. The number of hydrogen-bond donors (Lipinski definition) is 2. The molecule has 0 aromatic heterocycles. The number of nitro benzene ring substituents is 2. The summed E-state index contributed by atoms with van der Waals surface area (Å²) in [5.74, 6) is -0.278. The zero-order valence-electron chi connectivity index (χ0n) is 24.4. The maximum Gasteiger partial charge on any atom is 0.433 e. The highest BCUT2D eigenvalue weighted by atomic mass is 16.7. The fourth-order valence-corrected chi connectivity index (χ4v) is 5.56. The number of nitrogens with one attached hydrogen (secondary N) is 2. The van der Waals surface area contributed by atoms with Gasteiger partial charge in [-0.3, -0.25) is 34.9 Å². The Kier molecular flexibility index (Phi) is 10.1. The van der Waals surface area contributed by atoms with Crippen LogP contribution in [0.1, 0.15) is 65.0 Å². The Morgan fingerprint density at radius 2 is 1.52 bits per heavy atom. The Hall–Kier alpha value is -4.68. The van der Waals surface area contributed by atoms with Crippen LogP contribution in [0.3, 0.4) is 0 Å². The van der Waals surface area contributed by atoms with Crippen molar-refractivity contribution >= 4 is 34.8 Å². The van der Waals surface area contributed by atoms with Gasteiger partial charge in [0.05, 0.1) is 15.6 Å². The molecule has 1 aliphatic rings. The highest BCUT2D eigenvalue weighted by Crippen LogP contribution is 2.45. The Labute approximate surface area is 243 Å². The van der Waals surface area contributed by atoms with Crippen LogP contribution in [0.5, 0.6) is 0 Å². The van der Waals surface area contributed by atoms with E-state index >= 15 is 0 Å². The van der Waals surface area contributed by atoms with E-state index in [4.69, 9.17) is 4.84 Å². The number of amides is 2. The van der Waals surface area contributed by atoms with Gasteiger partial charge in [0.1, 0.15) is 6.54 Å². The summed E-state index contributed by atoms with van der Waals surface area (Å²) in [6.07, 6.45) is 1.37. The number of hydrogen-bond acceptors (Lipinski definition) is 9. The third-order valence-electron chi connectivity index (χ3n) is 7.15. The van der Waals surface area contributed by atoms with Crippen molar-refractivity contribution in [2.45, 2.75) is 59.9 Å². The van der Waals surface area contributed by atoms with Gasteiger partial charge in [-0.1, -0.05) is 50.2 Å². The van der Waals surface area contributed by atoms with Crippen molar-refractivity contribution in [3.63, 3.8) is 0 Å². The molecular formula is C29H36N6O7. The first-order valence-corrected chi connectivity index (χ1v) is 13.5. The molecule has 1 saturated carbocycles. The summed E-state index contributed by atoms with van der Waals surface area (Å²) in [6.45, 7) is 9.79. The van der Waals surface area contributed by atoms with E-state index in [0.717, 1.165) is 6.42 Å². The van der Waals surface area contributed by atoms with E-state index in [2.05, 4.69) is 41.6 Å². The lowest BCUT2D eigenvalue weighted by atomic mass is 9.62. The minimum atomic E-state index is -0.736. The molecule has 2 atom stereocenters. The molecule has 1 aliphatic carbocycles. The first kappa shape index (κ1) is 31.8. The molecule has 2 aromatic rings. The van der Waals surface area contributed by atoms with E-state index in [1.54, 1.807) is 32.0 Å². The minimum absolute atomic E-state index is 0.0456. The molecule has 2 N–H and O–H groups in total. The molecule has 2 unspecified atom stereocenters. The molecule has 0 heterocycles. The Morgan fingerprint density at radius 3 is 2.10 bits per heavy atom. The van der Waals surface area contributed by atoms with Crippen LogP contribution in [0.4, 0.5) is 16.2 Å². The van der Waals surface area contributed by atoms with E-state index in [9.17, 15) is 29.8 Å². The van der Waals surface area contributed by atoms with Gasteiger partial charge in [0.25, 0.3) is 11.4 Å². The first-order chi connectivity index (χ1) is 19.7. The predicted molar refractivity (Wildman–Crippen MR) is 158 cm³/mol. The van der Waals surface area contributed by atoms with Crippen LogP contribution < -0.4 is 10.6 Å². The number of nitrogens with zero attached hydrogens (tertiary/aromatic N) is 4. The fraction of sp³-hybridized carbons (Fsp3) is 0.448. The van der Waals surface area contributed by atoms with Crippen molar-refractivity contribution in [1.29, 1.82) is 0 Å². The molecule has 1 fully saturated rings. The normalized spacial score (nSPS) is 20.4. The van der Waals surface area contributed by atoms with Gasteiger partial charge < -0.3 is 10.6 Å². The van der Waals surface area contributed by atoms with Crippen LogP contribution >= 0.6 is 0 Å². The third-order valence-corrected chi connectivity index (χ3v) is 7.15. The molecule has 2 amide bonds. The van der Waals surface area contributed by atoms with Crippen molar-refractivity contribution in [1.82, 2.24) is 10.6 Å². The van der Waals surface area contributed by atoms with Gasteiger partial charge in [0.15, 0.2) is 0 Å². The lowest BCUT2D eigenvalue weighted by Gasteiger charge is -2.46. The maximum atomic E-state index is 12.6. The van der Waals surface area contributed by atoms with Crippen LogP contribution in [0.25, 0.3) is 0 Å². The largest absolute Gasteiger partial charge is 0.433 e. The van der Waals surface area contributed by atoms with Crippen LogP contribution in [0, 0.1) is 31.1 Å². The van der Waals surface area contributed by atoms with Crippen molar-refractivity contribution < 1.29 is 24.3 Å². The molecular weight excluding hydrogens is 544 g/mol. The van der Waals surface area contributed by atoms with Gasteiger partial charge in [-0.25, -0.2) is 4.79 Å². The number of carbonyl (C=O) groups is 2. The SMILES string of the molecule is CC(=NCC(=O)NCC1(C)CC(NC(=O)O/N=C(\C)c2cccc([N+](=O)[O-])c2)CC(C)(C)C1)c1cccc([N+](=O)[O-])c1. The molecule has 224 valence electrons. The molecule has 13 nitrogen and oxygen atoms in total. The second-order valence-electron chi connectivity index (χ2n) is 11.7. The quantitative estimate of drug-likeness (QED) is 0.168. The van der Waals surface area contributed by atoms with E-state index in [0.29, 0.717) is 41.9 Å². The number of benzene rings is 2. The smallest absolute Gasteiger partial charge is 0.354 e. The summed E-state index contributed by atoms with van der Waals surface area (Å²) >= 11 is 0. The van der Waals surface area contributed by atoms with E-state index < -0.39 is 15.9 Å². The summed E-state index contributed by atoms with van der Waals surface area (Å²) in [5.41, 5.74) is 1.28. The highest BCUT2D eigenvalue weighted by molar-refractivity contribution is 6.00. The summed E-state index contributed by atoms with van der Waals surface area (Å²) in [7, 11) is 0. The number of aliphatic imine (C=N–C) groups is 1. The minimum Gasteiger partial charge on any atom is -0.354 e. The molecule has 13 heteroatoms. The van der Waals surface area contributed by atoms with Crippen molar-refractivity contribution in [2.75, 3.05) is 13.1 Å². The van der Waals surface area contributed by atoms with Gasteiger partial charge in [0.2, 0.25) is 5.91 Å². The van der Waals surface area contributed by atoms with Crippen molar-refractivity contribution in [3.8, 4) is 0 Å². The third kappa shape index (κ3) is 9.18. The van der Waals surface area contributed by atoms with E-state index in [-0.39, 0.29) is 40.7 Å². The Morgan fingerprint density at radius 1 is 0.952 bits per heavy atom. The molecule has 0 radical (unpaired) electrons. The monoisotopic (exact) mass is 580 g/mol. The van der Waals surface area contributed by atoms with Gasteiger partial charge in [-0.05, 0) is 43.9 Å². The van der Waals surface area contributed by atoms with Crippen LogP contribution in [-0.2, 0) is 9.63 Å². The number of carbonyl (C=O) groups excluding carboxylic acids is 2. The van der Waals surface area contributed by atoms with Crippen LogP contribution in [0.15, 0.2) is 58.7 Å². The molecule has 0 spiro atoms.